The Morgan fingerprint density at radius 3 is 2.77 bits per heavy atom. The van der Waals surface area contributed by atoms with Gasteiger partial charge in [0.1, 0.15) is 0 Å². The molecule has 0 saturated heterocycles. The predicted molar refractivity (Wildman–Crippen MR) is 50.0 cm³/mol. The van der Waals surface area contributed by atoms with Crippen LogP contribution in [0.4, 0.5) is 0 Å². The summed E-state index contributed by atoms with van der Waals surface area (Å²) in [7, 11) is -3.53. The number of sulfone groups is 1. The Morgan fingerprint density at radius 2 is 2.31 bits per heavy atom. The zero-order chi connectivity index (χ0) is 9.90. The van der Waals surface area contributed by atoms with Gasteiger partial charge in [0.05, 0.1) is 5.75 Å². The van der Waals surface area contributed by atoms with E-state index in [4.69, 9.17) is 0 Å². The van der Waals surface area contributed by atoms with Gasteiger partial charge in [0.25, 0.3) is 5.12 Å². The average Bonchev–Trinajstić information content (AvgIpc) is 2.18. The topological polar surface area (TPSA) is 63.2 Å². The van der Waals surface area contributed by atoms with Crippen molar-refractivity contribution in [3.05, 3.63) is 11.6 Å². The molecule has 0 bridgehead atoms. The molecule has 0 aromatic heterocycles. The fourth-order valence-electron chi connectivity index (χ4n) is 1.14. The zero-order valence-corrected chi connectivity index (χ0v) is 8.36. The van der Waals surface area contributed by atoms with Crippen LogP contribution in [0.15, 0.2) is 11.6 Å². The third-order valence-corrected chi connectivity index (χ3v) is 3.58. The van der Waals surface area contributed by atoms with Gasteiger partial charge in [-0.1, -0.05) is 13.0 Å². The highest BCUT2D eigenvalue weighted by Crippen LogP contribution is 2.10. The van der Waals surface area contributed by atoms with E-state index in [0.29, 0.717) is 25.1 Å². The van der Waals surface area contributed by atoms with Crippen LogP contribution in [0, 0.1) is 0 Å². The van der Waals surface area contributed by atoms with Gasteiger partial charge in [0.15, 0.2) is 0 Å². The number of hydrogen-bond donors (Lipinski definition) is 1. The minimum atomic E-state index is -3.53. The maximum Gasteiger partial charge on any atom is 0.272 e. The molecule has 1 heterocycles. The first kappa shape index (κ1) is 10.4. The molecule has 1 aliphatic heterocycles. The Labute approximate surface area is 77.9 Å². The van der Waals surface area contributed by atoms with Gasteiger partial charge in [-0.3, -0.25) is 4.79 Å². The summed E-state index contributed by atoms with van der Waals surface area (Å²) >= 11 is 0. The van der Waals surface area contributed by atoms with E-state index in [0.717, 1.165) is 0 Å². The molecular weight excluding hydrogens is 190 g/mol. The Bertz CT molecular complexity index is 329. The summed E-state index contributed by atoms with van der Waals surface area (Å²) in [6, 6.07) is 0. The first-order chi connectivity index (χ1) is 6.08. The zero-order valence-electron chi connectivity index (χ0n) is 7.54. The highest BCUT2D eigenvalue weighted by atomic mass is 32.2. The third kappa shape index (κ3) is 2.38. The molecule has 1 N–H and O–H groups in total. The molecule has 1 aliphatic rings. The van der Waals surface area contributed by atoms with Gasteiger partial charge in [-0.05, 0) is 13.0 Å². The fourth-order valence-corrected chi connectivity index (χ4v) is 1.99. The number of nitrogens with one attached hydrogen (secondary N) is 1. The molecule has 0 aliphatic carbocycles. The molecule has 74 valence electrons. The molecular formula is C8H13NO3S. The van der Waals surface area contributed by atoms with Crippen LogP contribution in [0.5, 0.6) is 0 Å². The molecule has 0 fully saturated rings. The van der Waals surface area contributed by atoms with Crippen LogP contribution in [0.25, 0.3) is 0 Å². The molecule has 0 aromatic rings. The Morgan fingerprint density at radius 1 is 1.62 bits per heavy atom. The van der Waals surface area contributed by atoms with E-state index in [-0.39, 0.29) is 5.75 Å². The van der Waals surface area contributed by atoms with Crippen LogP contribution in [0.2, 0.25) is 0 Å². The maximum atomic E-state index is 11.4. The van der Waals surface area contributed by atoms with E-state index < -0.39 is 15.0 Å². The molecule has 5 heteroatoms. The van der Waals surface area contributed by atoms with Crippen LogP contribution in [0.1, 0.15) is 13.3 Å². The quantitative estimate of drug-likeness (QED) is 0.679. The summed E-state index contributed by atoms with van der Waals surface area (Å²) in [5.74, 6) is -0.114. The second-order valence-electron chi connectivity index (χ2n) is 2.87. The van der Waals surface area contributed by atoms with E-state index in [1.165, 1.54) is 6.92 Å². The summed E-state index contributed by atoms with van der Waals surface area (Å²) in [5.41, 5.74) is 0.431. The monoisotopic (exact) mass is 203 g/mol. The number of rotatable bonds is 2. The minimum absolute atomic E-state index is 0.114. The van der Waals surface area contributed by atoms with Crippen molar-refractivity contribution in [1.29, 1.82) is 0 Å². The highest BCUT2D eigenvalue weighted by molar-refractivity contribution is 8.06. The lowest BCUT2D eigenvalue weighted by Crippen LogP contribution is -2.27. The van der Waals surface area contributed by atoms with Crippen molar-refractivity contribution in [2.75, 3.05) is 18.8 Å². The summed E-state index contributed by atoms with van der Waals surface area (Å²) in [5, 5.41) is 2.32. The molecule has 0 amide bonds. The standard InChI is InChI=1S/C8H13NO3S/c1-2-13(11,12)8(10)7-3-5-9-6-4-7/h3,9H,2,4-6H2,1H3. The smallest absolute Gasteiger partial charge is 0.272 e. The van der Waals surface area contributed by atoms with Crippen LogP contribution in [0.3, 0.4) is 0 Å². The molecule has 0 aromatic carbocycles. The highest BCUT2D eigenvalue weighted by Gasteiger charge is 2.24. The van der Waals surface area contributed by atoms with E-state index in [9.17, 15) is 13.2 Å². The van der Waals surface area contributed by atoms with Crippen molar-refractivity contribution in [3.63, 3.8) is 0 Å². The second-order valence-corrected chi connectivity index (χ2v) is 5.05. The van der Waals surface area contributed by atoms with Crippen LogP contribution in [-0.2, 0) is 14.6 Å². The van der Waals surface area contributed by atoms with E-state index in [1.807, 2.05) is 0 Å². The van der Waals surface area contributed by atoms with Crippen molar-refractivity contribution < 1.29 is 13.2 Å². The number of hydrogen-bond acceptors (Lipinski definition) is 4. The molecule has 4 nitrogen and oxygen atoms in total. The number of carbonyl (C=O) groups is 1. The normalized spacial score (nSPS) is 18.1. The van der Waals surface area contributed by atoms with Gasteiger partial charge < -0.3 is 5.32 Å². The Kier molecular flexibility index (Phi) is 3.22. The van der Waals surface area contributed by atoms with Gasteiger partial charge in [0.2, 0.25) is 9.84 Å². The van der Waals surface area contributed by atoms with Crippen LogP contribution in [-0.4, -0.2) is 32.4 Å². The van der Waals surface area contributed by atoms with E-state index in [1.54, 1.807) is 6.08 Å². The molecule has 0 atom stereocenters. The largest absolute Gasteiger partial charge is 0.313 e. The van der Waals surface area contributed by atoms with Gasteiger partial charge in [-0.25, -0.2) is 8.42 Å². The molecule has 0 radical (unpaired) electrons. The first-order valence-electron chi connectivity index (χ1n) is 4.24. The van der Waals surface area contributed by atoms with E-state index in [2.05, 4.69) is 5.32 Å². The van der Waals surface area contributed by atoms with Crippen LogP contribution >= 0.6 is 0 Å². The van der Waals surface area contributed by atoms with Crippen molar-refractivity contribution in [1.82, 2.24) is 5.32 Å². The maximum absolute atomic E-state index is 11.4. The molecule has 0 spiro atoms. The van der Waals surface area contributed by atoms with Crippen molar-refractivity contribution in [3.8, 4) is 0 Å². The average molecular weight is 203 g/mol. The second kappa shape index (κ2) is 4.02. The molecule has 0 unspecified atom stereocenters. The summed E-state index contributed by atoms with van der Waals surface area (Å²) < 4.78 is 22.4. The Balaban J connectivity index is 2.84. The van der Waals surface area contributed by atoms with Gasteiger partial charge in [-0.15, -0.1) is 0 Å². The molecule has 13 heavy (non-hydrogen) atoms. The van der Waals surface area contributed by atoms with Crippen molar-refractivity contribution >= 4 is 15.0 Å². The first-order valence-corrected chi connectivity index (χ1v) is 5.90. The SMILES string of the molecule is CCS(=O)(=O)C(=O)C1=CCNCC1. The minimum Gasteiger partial charge on any atom is -0.313 e. The van der Waals surface area contributed by atoms with E-state index >= 15 is 0 Å². The number of carbonyl (C=O) groups excluding carboxylic acids is 1. The lowest BCUT2D eigenvalue weighted by molar-refractivity contribution is -0.108. The van der Waals surface area contributed by atoms with Gasteiger partial charge in [-0.2, -0.15) is 0 Å². The van der Waals surface area contributed by atoms with Crippen molar-refractivity contribution in [2.24, 2.45) is 0 Å². The van der Waals surface area contributed by atoms with Crippen LogP contribution < -0.4 is 5.32 Å². The molecule has 1 rings (SSSR count). The Hall–Kier alpha value is -0.680. The summed E-state index contributed by atoms with van der Waals surface area (Å²) in [6.45, 7) is 2.74. The third-order valence-electron chi connectivity index (χ3n) is 1.99. The summed E-state index contributed by atoms with van der Waals surface area (Å²) in [6.07, 6.45) is 2.16. The predicted octanol–water partition coefficient (Wildman–Crippen LogP) is -0.133. The lowest BCUT2D eigenvalue weighted by atomic mass is 10.1. The van der Waals surface area contributed by atoms with Crippen molar-refractivity contribution in [2.45, 2.75) is 13.3 Å². The van der Waals surface area contributed by atoms with Gasteiger partial charge in [0, 0.05) is 12.1 Å². The van der Waals surface area contributed by atoms with Gasteiger partial charge >= 0.3 is 0 Å². The summed E-state index contributed by atoms with van der Waals surface area (Å²) in [4.78, 5) is 11.4. The molecule has 0 saturated carbocycles. The fraction of sp³-hybridized carbons (Fsp3) is 0.625. The lowest BCUT2D eigenvalue weighted by Gasteiger charge is -2.12.